The summed E-state index contributed by atoms with van der Waals surface area (Å²) in [6, 6.07) is 5.79. The standard InChI is InChI=1S/C11H10BrF4NO/c1-6(7-4-2-3-5-8(7)12)17-10(18)11(15,16)9(13)14/h2-6,9H,1H3,(H,17,18). The van der Waals surface area contributed by atoms with Gasteiger partial charge in [-0.1, -0.05) is 34.1 Å². The molecule has 0 saturated carbocycles. The van der Waals surface area contributed by atoms with E-state index in [9.17, 15) is 22.4 Å². The van der Waals surface area contributed by atoms with E-state index < -0.39 is 24.3 Å². The van der Waals surface area contributed by atoms with E-state index in [2.05, 4.69) is 15.9 Å². The summed E-state index contributed by atoms with van der Waals surface area (Å²) < 4.78 is 50.0. The molecule has 0 spiro atoms. The molecule has 0 bridgehead atoms. The van der Waals surface area contributed by atoms with Gasteiger partial charge in [-0.2, -0.15) is 8.78 Å². The lowest BCUT2D eigenvalue weighted by Crippen LogP contribution is -2.46. The number of rotatable bonds is 4. The molecule has 1 unspecified atom stereocenters. The van der Waals surface area contributed by atoms with Crippen molar-refractivity contribution in [1.82, 2.24) is 5.32 Å². The molecule has 1 amide bonds. The largest absolute Gasteiger partial charge is 0.383 e. The van der Waals surface area contributed by atoms with Crippen molar-refractivity contribution in [2.45, 2.75) is 25.3 Å². The van der Waals surface area contributed by atoms with Gasteiger partial charge in [0.2, 0.25) is 0 Å². The quantitative estimate of drug-likeness (QED) is 0.842. The Labute approximate surface area is 109 Å². The molecule has 1 N–H and O–H groups in total. The number of amides is 1. The molecule has 0 radical (unpaired) electrons. The van der Waals surface area contributed by atoms with Crippen LogP contribution >= 0.6 is 15.9 Å². The Balaban J connectivity index is 2.81. The SMILES string of the molecule is CC(NC(=O)C(F)(F)C(F)F)c1ccccc1Br. The first-order valence-electron chi connectivity index (χ1n) is 4.98. The summed E-state index contributed by atoms with van der Waals surface area (Å²) in [5, 5.41) is 1.86. The highest BCUT2D eigenvalue weighted by molar-refractivity contribution is 9.10. The summed E-state index contributed by atoms with van der Waals surface area (Å²) in [5.41, 5.74) is 0.524. The third-order valence-electron chi connectivity index (χ3n) is 2.30. The maximum absolute atomic E-state index is 12.7. The van der Waals surface area contributed by atoms with Crippen LogP contribution in [0.25, 0.3) is 0 Å². The highest BCUT2D eigenvalue weighted by Crippen LogP contribution is 2.26. The molecule has 1 atom stereocenters. The zero-order valence-electron chi connectivity index (χ0n) is 9.26. The van der Waals surface area contributed by atoms with Crippen LogP contribution in [-0.4, -0.2) is 18.3 Å². The van der Waals surface area contributed by atoms with Gasteiger partial charge in [-0.15, -0.1) is 0 Å². The van der Waals surface area contributed by atoms with E-state index in [4.69, 9.17) is 0 Å². The van der Waals surface area contributed by atoms with Crippen LogP contribution < -0.4 is 5.32 Å². The second-order valence-electron chi connectivity index (χ2n) is 3.64. The average molecular weight is 328 g/mol. The number of hydrogen-bond donors (Lipinski definition) is 1. The molecule has 1 aromatic carbocycles. The van der Waals surface area contributed by atoms with Crippen molar-refractivity contribution in [3.05, 3.63) is 34.3 Å². The highest BCUT2D eigenvalue weighted by Gasteiger charge is 2.49. The monoisotopic (exact) mass is 327 g/mol. The van der Waals surface area contributed by atoms with Crippen molar-refractivity contribution in [3.63, 3.8) is 0 Å². The third-order valence-corrected chi connectivity index (χ3v) is 3.02. The summed E-state index contributed by atoms with van der Waals surface area (Å²) >= 11 is 3.18. The summed E-state index contributed by atoms with van der Waals surface area (Å²) in [6.07, 6.45) is -4.02. The first kappa shape index (κ1) is 14.9. The first-order chi connectivity index (χ1) is 8.26. The number of alkyl halides is 4. The Morgan fingerprint density at radius 1 is 1.33 bits per heavy atom. The minimum atomic E-state index is -4.69. The number of carbonyl (C=O) groups excluding carboxylic acids is 1. The van der Waals surface area contributed by atoms with Crippen LogP contribution in [0, 0.1) is 0 Å². The summed E-state index contributed by atoms with van der Waals surface area (Å²) in [4.78, 5) is 11.0. The number of nitrogens with one attached hydrogen (secondary N) is 1. The van der Waals surface area contributed by atoms with Crippen molar-refractivity contribution in [2.24, 2.45) is 0 Å². The lowest BCUT2D eigenvalue weighted by Gasteiger charge is -2.20. The van der Waals surface area contributed by atoms with Gasteiger partial charge in [0.15, 0.2) is 0 Å². The van der Waals surface area contributed by atoms with E-state index in [0.717, 1.165) is 0 Å². The molecule has 1 aromatic rings. The minimum Gasteiger partial charge on any atom is -0.344 e. The van der Waals surface area contributed by atoms with Crippen LogP contribution in [0.15, 0.2) is 28.7 Å². The maximum Gasteiger partial charge on any atom is 0.383 e. The molecule has 100 valence electrons. The Kier molecular flexibility index (Phi) is 4.72. The molecular weight excluding hydrogens is 318 g/mol. The van der Waals surface area contributed by atoms with Gasteiger partial charge in [-0.05, 0) is 18.6 Å². The molecule has 0 aliphatic heterocycles. The third kappa shape index (κ3) is 3.22. The van der Waals surface area contributed by atoms with Crippen LogP contribution in [0.5, 0.6) is 0 Å². The fraction of sp³-hybridized carbons (Fsp3) is 0.364. The van der Waals surface area contributed by atoms with E-state index in [1.165, 1.54) is 6.92 Å². The molecule has 2 nitrogen and oxygen atoms in total. The zero-order chi connectivity index (χ0) is 13.9. The molecule has 0 aliphatic carbocycles. The molecule has 0 aromatic heterocycles. The molecular formula is C11H10BrF4NO. The normalized spacial score (nSPS) is 13.5. The van der Waals surface area contributed by atoms with Crippen molar-refractivity contribution >= 4 is 21.8 Å². The molecule has 0 aliphatic rings. The van der Waals surface area contributed by atoms with Gasteiger partial charge in [0.1, 0.15) is 0 Å². The molecule has 0 saturated heterocycles. The van der Waals surface area contributed by atoms with E-state index in [0.29, 0.717) is 10.0 Å². The molecule has 7 heteroatoms. The first-order valence-corrected chi connectivity index (χ1v) is 5.77. The smallest absolute Gasteiger partial charge is 0.344 e. The van der Waals surface area contributed by atoms with E-state index >= 15 is 0 Å². The van der Waals surface area contributed by atoms with E-state index in [1.54, 1.807) is 24.3 Å². The van der Waals surface area contributed by atoms with Gasteiger partial charge in [0.25, 0.3) is 5.91 Å². The Hall–Kier alpha value is -1.11. The lowest BCUT2D eigenvalue weighted by atomic mass is 10.1. The molecule has 0 fully saturated rings. The lowest BCUT2D eigenvalue weighted by molar-refractivity contribution is -0.170. The Morgan fingerprint density at radius 2 is 1.89 bits per heavy atom. The Bertz CT molecular complexity index is 439. The number of halogens is 5. The van der Waals surface area contributed by atoms with Crippen molar-refractivity contribution in [3.8, 4) is 0 Å². The van der Waals surface area contributed by atoms with Crippen LogP contribution in [0.1, 0.15) is 18.5 Å². The second kappa shape index (κ2) is 5.69. The zero-order valence-corrected chi connectivity index (χ0v) is 10.8. The highest BCUT2D eigenvalue weighted by atomic mass is 79.9. The summed E-state index contributed by atoms with van der Waals surface area (Å²) in [7, 11) is 0. The van der Waals surface area contributed by atoms with Crippen molar-refractivity contribution in [1.29, 1.82) is 0 Å². The predicted molar refractivity (Wildman–Crippen MR) is 61.7 cm³/mol. The van der Waals surface area contributed by atoms with Gasteiger partial charge < -0.3 is 5.32 Å². The molecule has 0 heterocycles. The number of carbonyl (C=O) groups is 1. The van der Waals surface area contributed by atoms with Crippen LogP contribution in [0.4, 0.5) is 17.6 Å². The van der Waals surface area contributed by atoms with Gasteiger partial charge in [0, 0.05) is 4.47 Å². The van der Waals surface area contributed by atoms with Crippen LogP contribution in [0.2, 0.25) is 0 Å². The molecule has 18 heavy (non-hydrogen) atoms. The number of hydrogen-bond acceptors (Lipinski definition) is 1. The van der Waals surface area contributed by atoms with Gasteiger partial charge in [0.05, 0.1) is 6.04 Å². The van der Waals surface area contributed by atoms with Gasteiger partial charge in [-0.25, -0.2) is 8.78 Å². The summed E-state index contributed by atoms with van der Waals surface area (Å²) in [5.74, 6) is -6.67. The minimum absolute atomic E-state index is 0.524. The van der Waals surface area contributed by atoms with Crippen LogP contribution in [0.3, 0.4) is 0 Å². The fourth-order valence-electron chi connectivity index (χ4n) is 1.30. The topological polar surface area (TPSA) is 29.1 Å². The molecule has 1 rings (SSSR count). The van der Waals surface area contributed by atoms with E-state index in [-0.39, 0.29) is 0 Å². The predicted octanol–water partition coefficient (Wildman–Crippen LogP) is 3.53. The van der Waals surface area contributed by atoms with E-state index in [1.807, 2.05) is 5.32 Å². The van der Waals surface area contributed by atoms with Crippen molar-refractivity contribution in [2.75, 3.05) is 0 Å². The second-order valence-corrected chi connectivity index (χ2v) is 4.49. The van der Waals surface area contributed by atoms with Gasteiger partial charge in [-0.3, -0.25) is 4.79 Å². The van der Waals surface area contributed by atoms with Crippen LogP contribution in [-0.2, 0) is 4.79 Å². The maximum atomic E-state index is 12.7. The van der Waals surface area contributed by atoms with Crippen molar-refractivity contribution < 1.29 is 22.4 Å². The fourth-order valence-corrected chi connectivity index (χ4v) is 1.92. The summed E-state index contributed by atoms with van der Waals surface area (Å²) in [6.45, 7) is 1.43. The van der Waals surface area contributed by atoms with Gasteiger partial charge >= 0.3 is 12.3 Å². The average Bonchev–Trinajstić information content (AvgIpc) is 2.28. The number of benzene rings is 1. The Morgan fingerprint density at radius 3 is 2.39 bits per heavy atom.